The van der Waals surface area contributed by atoms with Gasteiger partial charge in [0.25, 0.3) is 0 Å². The molecule has 0 bridgehead atoms. The molecule has 2 fully saturated rings. The quantitative estimate of drug-likeness (QED) is 0.469. The predicted molar refractivity (Wildman–Crippen MR) is 134 cm³/mol. The standard InChI is InChI=1S/C27H38N2O7/c1-18(2)17-22(31)35-26-24(29-11-15-34-16-12-29)23-20(36-27(26,3)4)7-5-19(25(23)32)6-8-21(30)28-9-13-33-14-10-28/h5-8,18,24,26,32H,9-17H2,1-4H3/t24-,26+/m0/s1. The predicted octanol–water partition coefficient (Wildman–Crippen LogP) is 2.77. The second kappa shape index (κ2) is 11.2. The van der Waals surface area contributed by atoms with E-state index in [1.165, 1.54) is 6.08 Å². The Morgan fingerprint density at radius 1 is 1.11 bits per heavy atom. The monoisotopic (exact) mass is 502 g/mol. The second-order valence-corrected chi connectivity index (χ2v) is 10.5. The summed E-state index contributed by atoms with van der Waals surface area (Å²) in [6.07, 6.45) is 2.76. The van der Waals surface area contributed by atoms with Crippen LogP contribution in [0.1, 0.15) is 51.3 Å². The Labute approximate surface area is 212 Å². The van der Waals surface area contributed by atoms with Gasteiger partial charge < -0.3 is 29.0 Å². The van der Waals surface area contributed by atoms with Crippen molar-refractivity contribution in [3.8, 4) is 11.5 Å². The molecule has 198 valence electrons. The number of morpholine rings is 2. The Hall–Kier alpha value is -2.62. The number of carbonyl (C=O) groups excluding carboxylic acids is 2. The number of rotatable bonds is 6. The molecule has 9 nitrogen and oxygen atoms in total. The molecule has 2 atom stereocenters. The van der Waals surface area contributed by atoms with Gasteiger partial charge in [-0.05, 0) is 38.0 Å². The number of hydrogen-bond acceptors (Lipinski definition) is 8. The van der Waals surface area contributed by atoms with Gasteiger partial charge >= 0.3 is 5.97 Å². The van der Waals surface area contributed by atoms with E-state index in [1.54, 1.807) is 17.0 Å². The summed E-state index contributed by atoms with van der Waals surface area (Å²) in [6, 6.07) is 3.14. The summed E-state index contributed by atoms with van der Waals surface area (Å²) in [5, 5.41) is 11.5. The molecule has 0 aliphatic carbocycles. The van der Waals surface area contributed by atoms with E-state index < -0.39 is 17.7 Å². The third-order valence-corrected chi connectivity index (χ3v) is 6.85. The topological polar surface area (TPSA) is 97.8 Å². The van der Waals surface area contributed by atoms with Crippen LogP contribution in [0.25, 0.3) is 6.08 Å². The van der Waals surface area contributed by atoms with Crippen LogP contribution in [0.15, 0.2) is 18.2 Å². The first-order valence-electron chi connectivity index (χ1n) is 12.8. The number of carbonyl (C=O) groups is 2. The number of fused-ring (bicyclic) bond motifs is 1. The Morgan fingerprint density at radius 3 is 2.39 bits per heavy atom. The van der Waals surface area contributed by atoms with Crippen molar-refractivity contribution in [3.05, 3.63) is 29.3 Å². The number of phenolic OH excluding ortho intramolecular Hbond substituents is 1. The molecule has 0 saturated carbocycles. The van der Waals surface area contributed by atoms with Gasteiger partial charge in [0.05, 0.1) is 38.0 Å². The van der Waals surface area contributed by atoms with E-state index in [2.05, 4.69) is 4.90 Å². The number of hydrogen-bond donors (Lipinski definition) is 1. The van der Waals surface area contributed by atoms with Crippen molar-refractivity contribution in [1.82, 2.24) is 9.80 Å². The van der Waals surface area contributed by atoms with E-state index in [-0.39, 0.29) is 23.5 Å². The van der Waals surface area contributed by atoms with Crippen LogP contribution < -0.4 is 4.74 Å². The van der Waals surface area contributed by atoms with E-state index >= 15 is 0 Å². The van der Waals surface area contributed by atoms with Crippen molar-refractivity contribution < 1.29 is 33.6 Å². The largest absolute Gasteiger partial charge is 0.507 e. The lowest BCUT2D eigenvalue weighted by Crippen LogP contribution is -2.57. The van der Waals surface area contributed by atoms with Gasteiger partial charge in [-0.25, -0.2) is 0 Å². The van der Waals surface area contributed by atoms with Gasteiger partial charge in [0.15, 0.2) is 6.10 Å². The average molecular weight is 503 g/mol. The highest BCUT2D eigenvalue weighted by Gasteiger charge is 2.50. The van der Waals surface area contributed by atoms with E-state index in [0.29, 0.717) is 75.9 Å². The fourth-order valence-electron chi connectivity index (χ4n) is 5.00. The first-order chi connectivity index (χ1) is 17.2. The van der Waals surface area contributed by atoms with Crippen molar-refractivity contribution in [2.45, 2.75) is 51.9 Å². The normalized spacial score (nSPS) is 24.4. The number of ether oxygens (including phenoxy) is 4. The van der Waals surface area contributed by atoms with E-state index in [0.717, 1.165) is 0 Å². The van der Waals surface area contributed by atoms with Gasteiger partial charge in [-0.3, -0.25) is 14.5 Å². The van der Waals surface area contributed by atoms with Crippen molar-refractivity contribution in [2.24, 2.45) is 5.92 Å². The first-order valence-corrected chi connectivity index (χ1v) is 12.8. The minimum atomic E-state index is -0.821. The van der Waals surface area contributed by atoms with Gasteiger partial charge in [0.1, 0.15) is 17.1 Å². The minimum Gasteiger partial charge on any atom is -0.507 e. The summed E-state index contributed by atoms with van der Waals surface area (Å²) >= 11 is 0. The van der Waals surface area contributed by atoms with Crippen LogP contribution in [0, 0.1) is 5.92 Å². The van der Waals surface area contributed by atoms with Crippen LogP contribution in [0.3, 0.4) is 0 Å². The van der Waals surface area contributed by atoms with Gasteiger partial charge in [0, 0.05) is 44.2 Å². The maximum absolute atomic E-state index is 12.8. The number of amides is 1. The number of benzene rings is 1. The fraction of sp³-hybridized carbons (Fsp3) is 0.630. The van der Waals surface area contributed by atoms with Gasteiger partial charge in [0.2, 0.25) is 5.91 Å². The smallest absolute Gasteiger partial charge is 0.306 e. The molecule has 1 aromatic rings. The van der Waals surface area contributed by atoms with Crippen molar-refractivity contribution in [2.75, 3.05) is 52.6 Å². The molecule has 0 radical (unpaired) electrons. The Balaban J connectivity index is 1.69. The molecule has 4 rings (SSSR count). The van der Waals surface area contributed by atoms with Crippen molar-refractivity contribution in [3.63, 3.8) is 0 Å². The van der Waals surface area contributed by atoms with Crippen molar-refractivity contribution in [1.29, 1.82) is 0 Å². The average Bonchev–Trinajstić information content (AvgIpc) is 2.84. The van der Waals surface area contributed by atoms with E-state index in [4.69, 9.17) is 18.9 Å². The summed E-state index contributed by atoms with van der Waals surface area (Å²) in [5.74, 6) is 0.309. The van der Waals surface area contributed by atoms with Crippen LogP contribution in [-0.2, 0) is 23.8 Å². The molecule has 2 saturated heterocycles. The highest BCUT2D eigenvalue weighted by molar-refractivity contribution is 5.92. The van der Waals surface area contributed by atoms with Gasteiger partial charge in [-0.15, -0.1) is 0 Å². The molecular weight excluding hydrogens is 464 g/mol. The van der Waals surface area contributed by atoms with Crippen LogP contribution in [0.5, 0.6) is 11.5 Å². The molecule has 3 heterocycles. The molecule has 0 aromatic heterocycles. The Kier molecular flexibility index (Phi) is 8.22. The summed E-state index contributed by atoms with van der Waals surface area (Å²) < 4.78 is 23.3. The molecule has 9 heteroatoms. The summed E-state index contributed by atoms with van der Waals surface area (Å²) in [6.45, 7) is 12.3. The SMILES string of the molecule is CC(C)CC(=O)O[C@@H]1[C@@H](N2CCOCC2)c2c(ccc(C=CC(=O)N3CCOCC3)c2O)OC1(C)C. The van der Waals surface area contributed by atoms with Crippen LogP contribution >= 0.6 is 0 Å². The van der Waals surface area contributed by atoms with Gasteiger partial charge in [-0.2, -0.15) is 0 Å². The number of phenols is 1. The number of nitrogens with zero attached hydrogens (tertiary/aromatic N) is 2. The number of aromatic hydroxyl groups is 1. The molecule has 1 amide bonds. The zero-order valence-corrected chi connectivity index (χ0v) is 21.7. The Morgan fingerprint density at radius 2 is 1.75 bits per heavy atom. The highest BCUT2D eigenvalue weighted by Crippen LogP contribution is 2.49. The third-order valence-electron chi connectivity index (χ3n) is 6.85. The van der Waals surface area contributed by atoms with Crippen molar-refractivity contribution >= 4 is 18.0 Å². The Bertz CT molecular complexity index is 979. The van der Waals surface area contributed by atoms with E-state index in [1.807, 2.05) is 33.8 Å². The molecule has 0 unspecified atom stereocenters. The third kappa shape index (κ3) is 5.85. The molecule has 1 N–H and O–H groups in total. The molecule has 3 aliphatic heterocycles. The summed E-state index contributed by atoms with van der Waals surface area (Å²) in [7, 11) is 0. The number of esters is 1. The summed E-state index contributed by atoms with van der Waals surface area (Å²) in [5.41, 5.74) is 0.252. The van der Waals surface area contributed by atoms with Crippen LogP contribution in [0.2, 0.25) is 0 Å². The molecule has 0 spiro atoms. The second-order valence-electron chi connectivity index (χ2n) is 10.5. The lowest BCUT2D eigenvalue weighted by Gasteiger charge is -2.48. The zero-order chi connectivity index (χ0) is 25.9. The van der Waals surface area contributed by atoms with Gasteiger partial charge in [-0.1, -0.05) is 13.8 Å². The van der Waals surface area contributed by atoms with Crippen LogP contribution in [-0.4, -0.2) is 91.1 Å². The molecular formula is C27H38N2O7. The lowest BCUT2D eigenvalue weighted by atomic mass is 9.83. The fourth-order valence-corrected chi connectivity index (χ4v) is 5.00. The molecule has 36 heavy (non-hydrogen) atoms. The van der Waals surface area contributed by atoms with E-state index in [9.17, 15) is 14.7 Å². The maximum atomic E-state index is 12.8. The lowest BCUT2D eigenvalue weighted by molar-refractivity contribution is -0.175. The molecule has 1 aromatic carbocycles. The molecule has 3 aliphatic rings. The minimum absolute atomic E-state index is 0.0235. The first kappa shape index (κ1) is 26.4. The van der Waals surface area contributed by atoms with Crippen LogP contribution in [0.4, 0.5) is 0 Å². The zero-order valence-electron chi connectivity index (χ0n) is 21.7. The maximum Gasteiger partial charge on any atom is 0.306 e. The highest BCUT2D eigenvalue weighted by atomic mass is 16.6. The summed E-state index contributed by atoms with van der Waals surface area (Å²) in [4.78, 5) is 29.3.